The third kappa shape index (κ3) is 6.99. The number of rotatable bonds is 10. The third-order valence-corrected chi connectivity index (χ3v) is 6.53. The Bertz CT molecular complexity index is 844. The standard InChI is InChI=1S/C22H32N6O2S/c1-3-28(4-2)18-12-10-17(11-13-18)21(30)26-25-20(29)15-31-22-23-19(24-27-22)14-9-16-7-5-6-8-16/h10-13,16H,3-9,14-15H2,1-2H3,(H,25,29)(H,26,30)(H,23,24,27). The van der Waals surface area contributed by atoms with Gasteiger partial charge in [-0.1, -0.05) is 37.4 Å². The average molecular weight is 445 g/mol. The van der Waals surface area contributed by atoms with Crippen LogP contribution in [0.4, 0.5) is 5.69 Å². The summed E-state index contributed by atoms with van der Waals surface area (Å²) in [6.07, 6.45) is 7.36. The van der Waals surface area contributed by atoms with E-state index in [1.807, 2.05) is 12.1 Å². The second-order valence-corrected chi connectivity index (χ2v) is 8.71. The van der Waals surface area contributed by atoms with Gasteiger partial charge in [-0.25, -0.2) is 4.98 Å². The van der Waals surface area contributed by atoms with Crippen LogP contribution in [-0.2, 0) is 11.2 Å². The van der Waals surface area contributed by atoms with Crippen LogP contribution in [0.2, 0.25) is 0 Å². The summed E-state index contributed by atoms with van der Waals surface area (Å²) in [6, 6.07) is 7.33. The Morgan fingerprint density at radius 1 is 1.13 bits per heavy atom. The van der Waals surface area contributed by atoms with Gasteiger partial charge in [-0.15, -0.1) is 5.10 Å². The zero-order valence-electron chi connectivity index (χ0n) is 18.3. The van der Waals surface area contributed by atoms with Crippen LogP contribution in [-0.4, -0.2) is 45.8 Å². The lowest BCUT2D eigenvalue weighted by molar-refractivity contribution is -0.119. The molecule has 1 saturated carbocycles. The molecule has 2 amide bonds. The van der Waals surface area contributed by atoms with E-state index in [0.29, 0.717) is 10.7 Å². The molecule has 1 heterocycles. The highest BCUT2D eigenvalue weighted by atomic mass is 32.2. The number of anilines is 1. The molecule has 1 aromatic heterocycles. The zero-order valence-corrected chi connectivity index (χ0v) is 19.1. The summed E-state index contributed by atoms with van der Waals surface area (Å²) in [7, 11) is 0. The van der Waals surface area contributed by atoms with Crippen LogP contribution < -0.4 is 15.8 Å². The second-order valence-electron chi connectivity index (χ2n) is 7.76. The van der Waals surface area contributed by atoms with Gasteiger partial charge in [0.2, 0.25) is 11.1 Å². The van der Waals surface area contributed by atoms with Gasteiger partial charge < -0.3 is 4.90 Å². The molecule has 3 rings (SSSR count). The molecule has 8 nitrogen and oxygen atoms in total. The van der Waals surface area contributed by atoms with Crippen molar-refractivity contribution in [1.82, 2.24) is 26.0 Å². The van der Waals surface area contributed by atoms with E-state index in [2.05, 4.69) is 44.8 Å². The summed E-state index contributed by atoms with van der Waals surface area (Å²) in [5.74, 6) is 1.15. The first-order chi connectivity index (χ1) is 15.1. The van der Waals surface area contributed by atoms with Gasteiger partial charge in [-0.05, 0) is 50.5 Å². The first-order valence-corrected chi connectivity index (χ1v) is 12.1. The van der Waals surface area contributed by atoms with Gasteiger partial charge in [0.25, 0.3) is 5.91 Å². The average Bonchev–Trinajstić information content (AvgIpc) is 3.48. The number of aromatic amines is 1. The van der Waals surface area contributed by atoms with Crippen molar-refractivity contribution in [3.63, 3.8) is 0 Å². The number of hydrazine groups is 1. The molecule has 9 heteroatoms. The van der Waals surface area contributed by atoms with Crippen molar-refractivity contribution in [3.8, 4) is 0 Å². The van der Waals surface area contributed by atoms with E-state index in [-0.39, 0.29) is 17.6 Å². The Morgan fingerprint density at radius 2 is 1.84 bits per heavy atom. The molecule has 0 bridgehead atoms. The maximum Gasteiger partial charge on any atom is 0.269 e. The Morgan fingerprint density at radius 3 is 2.52 bits per heavy atom. The molecular formula is C22H32N6O2S. The van der Waals surface area contributed by atoms with Crippen molar-refractivity contribution in [2.45, 2.75) is 57.5 Å². The van der Waals surface area contributed by atoms with Crippen LogP contribution in [0.15, 0.2) is 29.4 Å². The number of nitrogens with one attached hydrogen (secondary N) is 3. The van der Waals surface area contributed by atoms with E-state index >= 15 is 0 Å². The Kier molecular flexibility index (Phi) is 8.75. The Hall–Kier alpha value is -2.55. The van der Waals surface area contributed by atoms with Crippen molar-refractivity contribution < 1.29 is 9.59 Å². The Balaban J connectivity index is 1.37. The van der Waals surface area contributed by atoms with Gasteiger partial charge in [-0.2, -0.15) is 0 Å². The van der Waals surface area contributed by atoms with Crippen molar-refractivity contribution in [2.75, 3.05) is 23.7 Å². The summed E-state index contributed by atoms with van der Waals surface area (Å²) >= 11 is 1.24. The molecule has 1 aliphatic rings. The summed E-state index contributed by atoms with van der Waals surface area (Å²) in [5.41, 5.74) is 6.46. The predicted octanol–water partition coefficient (Wildman–Crippen LogP) is 3.33. The molecular weight excluding hydrogens is 412 g/mol. The van der Waals surface area contributed by atoms with Gasteiger partial charge in [0, 0.05) is 30.8 Å². The SMILES string of the molecule is CCN(CC)c1ccc(C(=O)NNC(=O)CSc2n[nH]c(CCC3CCCC3)n2)cc1. The fourth-order valence-electron chi connectivity index (χ4n) is 3.87. The molecule has 2 aromatic rings. The molecule has 1 fully saturated rings. The van der Waals surface area contributed by atoms with Crippen LogP contribution in [0.25, 0.3) is 0 Å². The zero-order chi connectivity index (χ0) is 22.1. The molecule has 0 aliphatic heterocycles. The summed E-state index contributed by atoms with van der Waals surface area (Å²) in [4.78, 5) is 31.0. The highest BCUT2D eigenvalue weighted by Crippen LogP contribution is 2.28. The van der Waals surface area contributed by atoms with Crippen molar-refractivity contribution in [3.05, 3.63) is 35.7 Å². The van der Waals surface area contributed by atoms with Gasteiger partial charge in [0.05, 0.1) is 5.75 Å². The maximum atomic E-state index is 12.3. The minimum atomic E-state index is -0.350. The van der Waals surface area contributed by atoms with Gasteiger partial charge in [0.15, 0.2) is 0 Å². The number of hydrogen-bond donors (Lipinski definition) is 3. The van der Waals surface area contributed by atoms with Crippen molar-refractivity contribution >= 4 is 29.3 Å². The largest absolute Gasteiger partial charge is 0.372 e. The highest BCUT2D eigenvalue weighted by Gasteiger charge is 2.16. The number of H-pyrrole nitrogens is 1. The minimum Gasteiger partial charge on any atom is -0.372 e. The van der Waals surface area contributed by atoms with Crippen molar-refractivity contribution in [1.29, 1.82) is 0 Å². The normalized spacial score (nSPS) is 13.9. The lowest BCUT2D eigenvalue weighted by Crippen LogP contribution is -2.42. The van der Waals surface area contributed by atoms with E-state index in [1.165, 1.54) is 37.4 Å². The maximum absolute atomic E-state index is 12.3. The number of carbonyl (C=O) groups excluding carboxylic acids is 2. The topological polar surface area (TPSA) is 103 Å². The van der Waals surface area contributed by atoms with Crippen LogP contribution in [0, 0.1) is 5.92 Å². The van der Waals surface area contributed by atoms with E-state index in [0.717, 1.165) is 43.4 Å². The number of nitrogens with zero attached hydrogens (tertiary/aromatic N) is 3. The number of carbonyl (C=O) groups is 2. The van der Waals surface area contributed by atoms with E-state index in [9.17, 15) is 9.59 Å². The molecule has 168 valence electrons. The summed E-state index contributed by atoms with van der Waals surface area (Å²) in [5, 5.41) is 7.68. The van der Waals surface area contributed by atoms with E-state index < -0.39 is 0 Å². The molecule has 0 atom stereocenters. The molecule has 0 spiro atoms. The number of thioether (sulfide) groups is 1. The van der Waals surface area contributed by atoms with Crippen LogP contribution >= 0.6 is 11.8 Å². The summed E-state index contributed by atoms with van der Waals surface area (Å²) in [6.45, 7) is 5.99. The van der Waals surface area contributed by atoms with E-state index in [1.54, 1.807) is 12.1 Å². The molecule has 3 N–H and O–H groups in total. The lowest BCUT2D eigenvalue weighted by atomic mass is 10.0. The van der Waals surface area contributed by atoms with Gasteiger partial charge in [0.1, 0.15) is 5.82 Å². The highest BCUT2D eigenvalue weighted by molar-refractivity contribution is 7.99. The number of aryl methyl sites for hydroxylation is 1. The summed E-state index contributed by atoms with van der Waals surface area (Å²) < 4.78 is 0. The molecule has 0 saturated heterocycles. The number of aromatic nitrogens is 3. The fourth-order valence-corrected chi connectivity index (χ4v) is 4.49. The second kappa shape index (κ2) is 11.7. The van der Waals surface area contributed by atoms with Crippen LogP contribution in [0.3, 0.4) is 0 Å². The molecule has 0 unspecified atom stereocenters. The fraction of sp³-hybridized carbons (Fsp3) is 0.545. The number of amides is 2. The first-order valence-electron chi connectivity index (χ1n) is 11.1. The third-order valence-electron chi connectivity index (χ3n) is 5.68. The quantitative estimate of drug-likeness (QED) is 0.384. The predicted molar refractivity (Wildman–Crippen MR) is 123 cm³/mol. The van der Waals surface area contributed by atoms with Crippen LogP contribution in [0.1, 0.15) is 62.1 Å². The monoisotopic (exact) mass is 444 g/mol. The molecule has 1 aliphatic carbocycles. The van der Waals surface area contributed by atoms with E-state index in [4.69, 9.17) is 0 Å². The van der Waals surface area contributed by atoms with Crippen LogP contribution in [0.5, 0.6) is 0 Å². The number of benzene rings is 1. The van der Waals surface area contributed by atoms with Crippen molar-refractivity contribution in [2.24, 2.45) is 5.92 Å². The first kappa shape index (κ1) is 23.1. The van der Waals surface area contributed by atoms with Gasteiger partial charge >= 0.3 is 0 Å². The molecule has 0 radical (unpaired) electrons. The molecule has 1 aromatic carbocycles. The smallest absolute Gasteiger partial charge is 0.269 e. The molecule has 31 heavy (non-hydrogen) atoms. The van der Waals surface area contributed by atoms with Gasteiger partial charge in [-0.3, -0.25) is 25.5 Å². The Labute approximate surface area is 187 Å². The number of hydrogen-bond acceptors (Lipinski definition) is 6. The minimum absolute atomic E-state index is 0.126. The lowest BCUT2D eigenvalue weighted by Gasteiger charge is -2.21.